The molecular weight excluding hydrogens is 268 g/mol. The van der Waals surface area contributed by atoms with Crippen molar-refractivity contribution >= 4 is 10.0 Å². The Labute approximate surface area is 114 Å². The molecule has 0 fully saturated rings. The van der Waals surface area contributed by atoms with Gasteiger partial charge in [-0.15, -0.1) is 0 Å². The van der Waals surface area contributed by atoms with Crippen molar-refractivity contribution in [1.29, 1.82) is 0 Å². The quantitative estimate of drug-likeness (QED) is 0.689. The van der Waals surface area contributed by atoms with E-state index in [2.05, 4.69) is 5.32 Å². The van der Waals surface area contributed by atoms with E-state index >= 15 is 0 Å². The molecule has 1 aromatic heterocycles. The molecule has 0 amide bonds. The second-order valence-electron chi connectivity index (χ2n) is 5.46. The molecule has 7 heteroatoms. The summed E-state index contributed by atoms with van der Waals surface area (Å²) in [4.78, 5) is 0. The lowest BCUT2D eigenvalue weighted by molar-refractivity contribution is 0.0379. The fraction of sp³-hybridized carbons (Fsp3) is 0.667. The largest absolute Gasteiger partial charge is 0.447 e. The van der Waals surface area contributed by atoms with Crippen LogP contribution in [0.3, 0.4) is 0 Å². The molecule has 0 aliphatic heterocycles. The van der Waals surface area contributed by atoms with E-state index in [0.717, 1.165) is 0 Å². The average Bonchev–Trinajstić information content (AvgIpc) is 2.62. The van der Waals surface area contributed by atoms with Crippen LogP contribution in [0.2, 0.25) is 0 Å². The van der Waals surface area contributed by atoms with Gasteiger partial charge in [-0.3, -0.25) is 0 Å². The SMILES string of the molecule is CC(C)CC(C)(O)CNCc1ccc(S(N)(=O)=O)o1. The van der Waals surface area contributed by atoms with Crippen molar-refractivity contribution in [2.24, 2.45) is 11.1 Å². The van der Waals surface area contributed by atoms with Crippen molar-refractivity contribution in [3.05, 3.63) is 17.9 Å². The van der Waals surface area contributed by atoms with Gasteiger partial charge in [-0.2, -0.15) is 0 Å². The molecule has 1 heterocycles. The van der Waals surface area contributed by atoms with E-state index in [-0.39, 0.29) is 5.09 Å². The molecule has 1 rings (SSSR count). The second kappa shape index (κ2) is 6.04. The van der Waals surface area contributed by atoms with Crippen molar-refractivity contribution in [1.82, 2.24) is 5.32 Å². The number of aliphatic hydroxyl groups is 1. The molecule has 1 atom stereocenters. The van der Waals surface area contributed by atoms with Gasteiger partial charge >= 0.3 is 0 Å². The summed E-state index contributed by atoms with van der Waals surface area (Å²) < 4.78 is 27.1. The van der Waals surface area contributed by atoms with Crippen molar-refractivity contribution in [2.45, 2.75) is 44.4 Å². The van der Waals surface area contributed by atoms with Crippen LogP contribution < -0.4 is 10.5 Å². The Morgan fingerprint density at radius 1 is 1.47 bits per heavy atom. The Hall–Kier alpha value is -0.890. The fourth-order valence-electron chi connectivity index (χ4n) is 2.01. The highest BCUT2D eigenvalue weighted by atomic mass is 32.2. The molecule has 0 aliphatic carbocycles. The Balaban J connectivity index is 2.48. The highest BCUT2D eigenvalue weighted by Crippen LogP contribution is 2.16. The highest BCUT2D eigenvalue weighted by Gasteiger charge is 2.21. The van der Waals surface area contributed by atoms with Crippen LogP contribution in [0.25, 0.3) is 0 Å². The third-order valence-corrected chi connectivity index (χ3v) is 3.35. The van der Waals surface area contributed by atoms with Gasteiger partial charge in [0.15, 0.2) is 0 Å². The molecule has 1 unspecified atom stereocenters. The van der Waals surface area contributed by atoms with Crippen LogP contribution in [0, 0.1) is 5.92 Å². The van der Waals surface area contributed by atoms with E-state index in [0.29, 0.717) is 31.2 Å². The predicted molar refractivity (Wildman–Crippen MR) is 71.9 cm³/mol. The molecule has 0 spiro atoms. The Bertz CT molecular complexity index is 506. The third-order valence-electron chi connectivity index (χ3n) is 2.57. The van der Waals surface area contributed by atoms with Gasteiger partial charge in [-0.1, -0.05) is 13.8 Å². The minimum atomic E-state index is -3.80. The van der Waals surface area contributed by atoms with Gasteiger partial charge in [0.1, 0.15) is 5.76 Å². The summed E-state index contributed by atoms with van der Waals surface area (Å²) in [5.74, 6) is 0.860. The first-order valence-electron chi connectivity index (χ1n) is 6.15. The number of furan rings is 1. The van der Waals surface area contributed by atoms with Crippen molar-refractivity contribution < 1.29 is 17.9 Å². The third kappa shape index (κ3) is 5.73. The maximum absolute atomic E-state index is 11.0. The minimum absolute atomic E-state index is 0.252. The van der Waals surface area contributed by atoms with E-state index in [1.165, 1.54) is 6.07 Å². The van der Waals surface area contributed by atoms with Crippen LogP contribution in [-0.2, 0) is 16.6 Å². The second-order valence-corrected chi connectivity index (χ2v) is 6.96. The molecule has 0 aromatic carbocycles. The lowest BCUT2D eigenvalue weighted by Crippen LogP contribution is -2.38. The Morgan fingerprint density at radius 3 is 2.58 bits per heavy atom. The van der Waals surface area contributed by atoms with Gasteiger partial charge in [-0.05, 0) is 31.4 Å². The van der Waals surface area contributed by atoms with Gasteiger partial charge in [0.2, 0.25) is 5.09 Å². The summed E-state index contributed by atoms with van der Waals surface area (Å²) in [5.41, 5.74) is -0.802. The topological polar surface area (TPSA) is 106 Å². The molecule has 0 radical (unpaired) electrons. The van der Waals surface area contributed by atoms with E-state index in [1.54, 1.807) is 13.0 Å². The first-order valence-corrected chi connectivity index (χ1v) is 7.69. The number of nitrogens with two attached hydrogens (primary N) is 1. The van der Waals surface area contributed by atoms with Gasteiger partial charge in [0.05, 0.1) is 12.1 Å². The summed E-state index contributed by atoms with van der Waals surface area (Å²) in [6, 6.07) is 2.86. The van der Waals surface area contributed by atoms with Gasteiger partial charge in [0.25, 0.3) is 10.0 Å². The lowest BCUT2D eigenvalue weighted by Gasteiger charge is -2.25. The van der Waals surface area contributed by atoms with E-state index in [9.17, 15) is 13.5 Å². The minimum Gasteiger partial charge on any atom is -0.447 e. The smallest absolute Gasteiger partial charge is 0.271 e. The van der Waals surface area contributed by atoms with Crippen LogP contribution in [0.4, 0.5) is 0 Å². The number of sulfonamides is 1. The average molecular weight is 290 g/mol. The predicted octanol–water partition coefficient (Wildman–Crippen LogP) is 0.814. The molecule has 6 nitrogen and oxygen atoms in total. The zero-order valence-corrected chi connectivity index (χ0v) is 12.3. The number of primary sulfonamides is 1. The van der Waals surface area contributed by atoms with Crippen molar-refractivity contribution in [2.75, 3.05) is 6.54 Å². The van der Waals surface area contributed by atoms with Crippen LogP contribution in [0.5, 0.6) is 0 Å². The zero-order valence-electron chi connectivity index (χ0n) is 11.5. The van der Waals surface area contributed by atoms with Crippen LogP contribution in [0.1, 0.15) is 33.0 Å². The molecule has 19 heavy (non-hydrogen) atoms. The molecule has 0 saturated heterocycles. The summed E-state index contributed by atoms with van der Waals surface area (Å²) in [5, 5.41) is 17.8. The first-order chi connectivity index (χ1) is 8.60. The summed E-state index contributed by atoms with van der Waals surface area (Å²) in [6.07, 6.45) is 0.681. The number of hydrogen-bond donors (Lipinski definition) is 3. The number of hydrogen-bond acceptors (Lipinski definition) is 5. The summed E-state index contributed by atoms with van der Waals surface area (Å²) >= 11 is 0. The van der Waals surface area contributed by atoms with E-state index in [1.807, 2.05) is 13.8 Å². The van der Waals surface area contributed by atoms with Gasteiger partial charge < -0.3 is 14.8 Å². The molecule has 110 valence electrons. The summed E-state index contributed by atoms with van der Waals surface area (Å²) in [6.45, 7) is 6.58. The lowest BCUT2D eigenvalue weighted by atomic mass is 9.94. The Morgan fingerprint density at radius 2 is 2.11 bits per heavy atom. The molecule has 0 bridgehead atoms. The molecule has 4 N–H and O–H groups in total. The maximum atomic E-state index is 11.0. The highest BCUT2D eigenvalue weighted by molar-refractivity contribution is 7.89. The van der Waals surface area contributed by atoms with Gasteiger partial charge in [-0.25, -0.2) is 13.6 Å². The molecule has 0 saturated carbocycles. The first kappa shape index (κ1) is 16.2. The normalized spacial score (nSPS) is 15.7. The van der Waals surface area contributed by atoms with Crippen molar-refractivity contribution in [3.63, 3.8) is 0 Å². The molecule has 1 aromatic rings. The van der Waals surface area contributed by atoms with E-state index in [4.69, 9.17) is 9.56 Å². The number of nitrogens with one attached hydrogen (secondary N) is 1. The van der Waals surface area contributed by atoms with Crippen molar-refractivity contribution in [3.8, 4) is 0 Å². The molecule has 0 aliphatic rings. The Kier molecular flexibility index (Phi) is 5.14. The standard InChI is InChI=1S/C12H22N2O4S/c1-9(2)6-12(3,15)8-14-7-10-4-5-11(18-10)19(13,16)17/h4-5,9,14-15H,6-8H2,1-3H3,(H2,13,16,17). The van der Waals surface area contributed by atoms with Crippen LogP contribution >= 0.6 is 0 Å². The fourth-order valence-corrected chi connectivity index (χ4v) is 2.49. The number of rotatable bonds is 7. The molecular formula is C12H22N2O4S. The van der Waals surface area contributed by atoms with E-state index < -0.39 is 15.6 Å². The monoisotopic (exact) mass is 290 g/mol. The van der Waals surface area contributed by atoms with Crippen LogP contribution in [-0.4, -0.2) is 25.7 Å². The maximum Gasteiger partial charge on any atom is 0.271 e. The van der Waals surface area contributed by atoms with Gasteiger partial charge in [0, 0.05) is 6.54 Å². The van der Waals surface area contributed by atoms with Crippen LogP contribution in [0.15, 0.2) is 21.6 Å². The zero-order chi connectivity index (χ0) is 14.7. The summed E-state index contributed by atoms with van der Waals surface area (Å²) in [7, 11) is -3.80.